The van der Waals surface area contributed by atoms with E-state index in [1.54, 1.807) is 0 Å². The zero-order valence-electron chi connectivity index (χ0n) is 14.8. The number of rotatable bonds is 2. The van der Waals surface area contributed by atoms with Gasteiger partial charge in [-0.15, -0.1) is 0 Å². The molecule has 0 saturated heterocycles. The second-order valence-electron chi connectivity index (χ2n) is 7.13. The number of nitro groups is 1. The number of hydrogen-bond acceptors (Lipinski definition) is 5. The molecule has 1 aromatic carbocycles. The Morgan fingerprint density at radius 1 is 1.00 bits per heavy atom. The van der Waals surface area contributed by atoms with Crippen molar-refractivity contribution in [3.05, 3.63) is 56.8 Å². The highest BCUT2D eigenvalue weighted by molar-refractivity contribution is 5.69. The van der Waals surface area contributed by atoms with Gasteiger partial charge >= 0.3 is 5.69 Å². The van der Waals surface area contributed by atoms with Crippen LogP contribution in [0.5, 0.6) is 5.75 Å². The van der Waals surface area contributed by atoms with E-state index in [2.05, 4.69) is 12.1 Å². The van der Waals surface area contributed by atoms with E-state index in [9.17, 15) is 15.2 Å². The van der Waals surface area contributed by atoms with E-state index in [0.29, 0.717) is 30.9 Å². The van der Waals surface area contributed by atoms with Gasteiger partial charge in [0.25, 0.3) is 0 Å². The summed E-state index contributed by atoms with van der Waals surface area (Å²) in [7, 11) is 0. The van der Waals surface area contributed by atoms with Crippen molar-refractivity contribution >= 4 is 11.5 Å². The van der Waals surface area contributed by atoms with Crippen LogP contribution >= 0.6 is 0 Å². The largest absolute Gasteiger partial charge is 0.502 e. The van der Waals surface area contributed by atoms with Crippen molar-refractivity contribution in [1.82, 2.24) is 4.98 Å². The third-order valence-electron chi connectivity index (χ3n) is 5.55. The van der Waals surface area contributed by atoms with Gasteiger partial charge in [-0.3, -0.25) is 10.1 Å². The van der Waals surface area contributed by atoms with Gasteiger partial charge in [0, 0.05) is 18.7 Å². The summed E-state index contributed by atoms with van der Waals surface area (Å²) in [5, 5.41) is 22.4. The van der Waals surface area contributed by atoms with Crippen LogP contribution in [0.1, 0.15) is 41.6 Å². The van der Waals surface area contributed by atoms with Gasteiger partial charge in [0.05, 0.1) is 10.6 Å². The number of anilines is 1. The number of pyridine rings is 1. The number of aromatic hydroxyl groups is 1. The fourth-order valence-corrected chi connectivity index (χ4v) is 4.14. The fraction of sp³-hybridized carbons (Fsp3) is 0.450. The zero-order valence-corrected chi connectivity index (χ0v) is 14.8. The van der Waals surface area contributed by atoms with Crippen LogP contribution in [-0.4, -0.2) is 28.1 Å². The summed E-state index contributed by atoms with van der Waals surface area (Å²) < 4.78 is 0. The van der Waals surface area contributed by atoms with Crippen molar-refractivity contribution in [1.29, 1.82) is 0 Å². The molecule has 2 heterocycles. The molecule has 0 amide bonds. The molecule has 0 fully saturated rings. The molecule has 136 valence electrons. The van der Waals surface area contributed by atoms with Gasteiger partial charge in [0.2, 0.25) is 11.6 Å². The highest BCUT2D eigenvalue weighted by atomic mass is 16.6. The summed E-state index contributed by atoms with van der Waals surface area (Å²) >= 11 is 0. The first-order valence-corrected chi connectivity index (χ1v) is 9.36. The van der Waals surface area contributed by atoms with E-state index < -0.39 is 4.92 Å². The molecule has 1 aliphatic carbocycles. The van der Waals surface area contributed by atoms with E-state index in [1.165, 1.54) is 11.1 Å². The van der Waals surface area contributed by atoms with Gasteiger partial charge in [0.1, 0.15) is 0 Å². The smallest absolute Gasteiger partial charge is 0.353 e. The van der Waals surface area contributed by atoms with E-state index in [1.807, 2.05) is 17.0 Å². The van der Waals surface area contributed by atoms with Crippen molar-refractivity contribution in [3.8, 4) is 5.75 Å². The van der Waals surface area contributed by atoms with Crippen molar-refractivity contribution in [2.45, 2.75) is 44.9 Å². The zero-order chi connectivity index (χ0) is 18.1. The Kier molecular flexibility index (Phi) is 4.49. The lowest BCUT2D eigenvalue weighted by Crippen LogP contribution is -2.28. The number of benzene rings is 1. The summed E-state index contributed by atoms with van der Waals surface area (Å²) in [5.41, 5.74) is 3.86. The molecular weight excluding hydrogens is 330 g/mol. The van der Waals surface area contributed by atoms with Crippen LogP contribution in [-0.2, 0) is 25.7 Å². The molecule has 0 radical (unpaired) electrons. The minimum Gasteiger partial charge on any atom is -0.502 e. The first-order valence-electron chi connectivity index (χ1n) is 9.36. The van der Waals surface area contributed by atoms with E-state index >= 15 is 0 Å². The molecule has 2 aliphatic rings. The molecule has 1 aromatic heterocycles. The Hall–Kier alpha value is -2.63. The third-order valence-corrected chi connectivity index (χ3v) is 5.55. The first-order chi connectivity index (χ1) is 12.6. The molecule has 0 bridgehead atoms. The number of aryl methyl sites for hydroxylation is 1. The number of nitrogens with zero attached hydrogens (tertiary/aromatic N) is 3. The van der Waals surface area contributed by atoms with Gasteiger partial charge in [-0.1, -0.05) is 30.7 Å². The Morgan fingerprint density at radius 3 is 2.31 bits per heavy atom. The second-order valence-corrected chi connectivity index (χ2v) is 7.13. The topological polar surface area (TPSA) is 79.5 Å². The predicted molar refractivity (Wildman–Crippen MR) is 99.9 cm³/mol. The molecule has 0 unspecified atom stereocenters. The molecule has 2 aromatic rings. The molecule has 4 rings (SSSR count). The molecule has 0 spiro atoms. The summed E-state index contributed by atoms with van der Waals surface area (Å²) in [6.45, 7) is 1.34. The highest BCUT2D eigenvalue weighted by Crippen LogP contribution is 2.41. The Morgan fingerprint density at radius 2 is 1.65 bits per heavy atom. The van der Waals surface area contributed by atoms with Crippen LogP contribution in [0.15, 0.2) is 24.3 Å². The maximum Gasteiger partial charge on any atom is 0.353 e. The quantitative estimate of drug-likeness (QED) is 0.507. The lowest BCUT2D eigenvalue weighted by atomic mass is 10.0. The predicted octanol–water partition coefficient (Wildman–Crippen LogP) is 3.57. The molecule has 26 heavy (non-hydrogen) atoms. The fourth-order valence-electron chi connectivity index (χ4n) is 4.14. The standard InChI is InChI=1S/C20H23N3O3/c24-19-16-8-2-1-3-9-17(16)21-20(18(19)23(25)26)22-12-10-14-6-4-5-7-15(14)11-13-22/h4-7H,1-3,8-13H2,(H,21,24). The van der Waals surface area contributed by atoms with Crippen molar-refractivity contribution in [3.63, 3.8) is 0 Å². The van der Waals surface area contributed by atoms with Gasteiger partial charge in [-0.25, -0.2) is 4.98 Å². The van der Waals surface area contributed by atoms with Crippen molar-refractivity contribution < 1.29 is 10.0 Å². The molecule has 6 nitrogen and oxygen atoms in total. The van der Waals surface area contributed by atoms with Gasteiger partial charge in [-0.2, -0.15) is 0 Å². The molecule has 0 saturated carbocycles. The maximum absolute atomic E-state index is 11.7. The monoisotopic (exact) mass is 353 g/mol. The minimum atomic E-state index is -0.471. The number of fused-ring (bicyclic) bond motifs is 2. The number of hydrogen-bond donors (Lipinski definition) is 1. The molecule has 6 heteroatoms. The van der Waals surface area contributed by atoms with Crippen molar-refractivity contribution in [2.75, 3.05) is 18.0 Å². The van der Waals surface area contributed by atoms with Gasteiger partial charge in [0.15, 0.2) is 0 Å². The van der Waals surface area contributed by atoms with E-state index in [-0.39, 0.29) is 11.4 Å². The van der Waals surface area contributed by atoms with Crippen molar-refractivity contribution in [2.24, 2.45) is 0 Å². The minimum absolute atomic E-state index is 0.168. The van der Waals surface area contributed by atoms with Gasteiger partial charge < -0.3 is 10.0 Å². The maximum atomic E-state index is 11.7. The summed E-state index contributed by atoms with van der Waals surface area (Å²) in [5.74, 6) is 0.166. The SMILES string of the molecule is O=[N+]([O-])c1c(N2CCc3ccccc3CC2)nc2c(c1O)CCCCC2. The molecule has 0 atom stereocenters. The van der Waals surface area contributed by atoms with E-state index in [4.69, 9.17) is 4.98 Å². The van der Waals surface area contributed by atoms with Crippen LogP contribution in [0.2, 0.25) is 0 Å². The third kappa shape index (κ3) is 3.00. The number of aromatic nitrogens is 1. The van der Waals surface area contributed by atoms with E-state index in [0.717, 1.165) is 44.2 Å². The average Bonchev–Trinajstić information content (AvgIpc) is 2.99. The lowest BCUT2D eigenvalue weighted by molar-refractivity contribution is -0.385. The van der Waals surface area contributed by atoms with Crippen LogP contribution in [0.3, 0.4) is 0 Å². The Labute approximate surface area is 152 Å². The lowest BCUT2D eigenvalue weighted by Gasteiger charge is -2.23. The van der Waals surface area contributed by atoms with Gasteiger partial charge in [-0.05, 0) is 49.7 Å². The second kappa shape index (κ2) is 6.94. The Bertz CT molecular complexity index is 823. The first kappa shape index (κ1) is 16.8. The normalized spacial score (nSPS) is 17.0. The average molecular weight is 353 g/mol. The Balaban J connectivity index is 1.75. The summed E-state index contributed by atoms with van der Waals surface area (Å²) in [6, 6.07) is 8.30. The van der Waals surface area contributed by atoms with Crippen LogP contribution < -0.4 is 4.90 Å². The van der Waals surface area contributed by atoms with Crippen LogP contribution in [0, 0.1) is 10.1 Å². The highest BCUT2D eigenvalue weighted by Gasteiger charge is 2.31. The molecule has 1 N–H and O–H groups in total. The van der Waals surface area contributed by atoms with Crippen LogP contribution in [0.4, 0.5) is 11.5 Å². The molecule has 1 aliphatic heterocycles. The molecular formula is C20H23N3O3. The van der Waals surface area contributed by atoms with Crippen LogP contribution in [0.25, 0.3) is 0 Å². The summed E-state index contributed by atoms with van der Waals surface area (Å²) in [6.07, 6.45) is 6.13. The summed E-state index contributed by atoms with van der Waals surface area (Å²) in [4.78, 5) is 18.0.